The van der Waals surface area contributed by atoms with Crippen LogP contribution in [0.25, 0.3) is 0 Å². The zero-order chi connectivity index (χ0) is 101. The summed E-state index contributed by atoms with van der Waals surface area (Å²) in [6.07, 6.45) is 8.56. The molecule has 2 aliphatic heterocycles. The lowest BCUT2D eigenvalue weighted by molar-refractivity contribution is -0.158. The van der Waals surface area contributed by atoms with E-state index in [0.717, 1.165) is 99.9 Å². The van der Waals surface area contributed by atoms with Crippen LogP contribution in [0.5, 0.6) is 0 Å². The number of hydrogen-bond donors (Lipinski definition) is 0. The van der Waals surface area contributed by atoms with Crippen LogP contribution in [0, 0.1) is 71.4 Å². The molecule has 0 amide bonds. The molecule has 4 aliphatic rings. The summed E-state index contributed by atoms with van der Waals surface area (Å²) in [5.74, 6) is -11.8. The van der Waals surface area contributed by atoms with Gasteiger partial charge >= 0.3 is 59.7 Å². The highest BCUT2D eigenvalue weighted by atomic mass is 127. The van der Waals surface area contributed by atoms with Gasteiger partial charge in [-0.3, -0.25) is 0 Å². The normalized spacial score (nSPS) is 15.5. The lowest BCUT2D eigenvalue weighted by Gasteiger charge is -2.37. The third-order valence-corrected chi connectivity index (χ3v) is 57.7. The van der Waals surface area contributed by atoms with E-state index in [2.05, 4.69) is 158 Å². The van der Waals surface area contributed by atoms with Crippen molar-refractivity contribution in [2.75, 3.05) is 94.8 Å². The van der Waals surface area contributed by atoms with E-state index in [9.17, 15) is 113 Å². The Balaban J connectivity index is 0.000000294. The van der Waals surface area contributed by atoms with Crippen molar-refractivity contribution in [3.63, 3.8) is 0 Å². The number of esters is 10. The molecular weight excluding hydrogens is 4140 g/mol. The van der Waals surface area contributed by atoms with Gasteiger partial charge in [0.1, 0.15) is 70.2 Å². The first kappa shape index (κ1) is 128. The first-order valence-electron chi connectivity index (χ1n) is 36.5. The first-order chi connectivity index (χ1) is 61.4. The minimum Gasteiger partial charge on any atom is -0.748 e. The number of benzene rings is 5. The van der Waals surface area contributed by atoms with Gasteiger partial charge in [0.05, 0.1) is 155 Å². The minimum atomic E-state index is -4.52. The number of hydrogen-bond acceptors (Lipinski definition) is 37. The molecule has 740 valence electrons. The minimum absolute atomic E-state index is 0.00608. The summed E-state index contributed by atoms with van der Waals surface area (Å²) >= 11 is 40.1. The monoisotopic (exact) mass is 4200 g/mol. The Morgan fingerprint density at radius 1 is 0.301 bits per heavy atom. The quantitative estimate of drug-likeness (QED) is 0.00734. The zero-order valence-electron chi connectivity index (χ0n) is 66.6. The number of carbonyl (C=O) groups is 10. The van der Waals surface area contributed by atoms with Gasteiger partial charge in [-0.2, -0.15) is 0 Å². The Kier molecular flexibility index (Phi) is 57.0. The maximum absolute atomic E-state index is 12.9. The van der Waals surface area contributed by atoms with E-state index in [1.54, 1.807) is 6.92 Å². The maximum Gasteiger partial charge on any atom is 0.340 e. The van der Waals surface area contributed by atoms with Gasteiger partial charge in [-0.25, -0.2) is 90.0 Å². The van der Waals surface area contributed by atoms with Crippen molar-refractivity contribution >= 4 is 562 Å². The fourth-order valence-electron chi connectivity index (χ4n) is 10.7. The second-order valence-corrected chi connectivity index (χ2v) is 56.1. The first-order valence-corrected chi connectivity index (χ1v) is 65.9. The van der Waals surface area contributed by atoms with Gasteiger partial charge in [0, 0.05) is 77.8 Å². The number of rotatable bonds is 32. The van der Waals surface area contributed by atoms with E-state index in [-0.39, 0.29) is 93.8 Å². The lowest BCUT2D eigenvalue weighted by Crippen LogP contribution is -2.45. The SMILES string of the molecule is CC1(COC(=O)c2c(I)c(I)c(I)c(I)c2C(=O)OCCS(=O)(=O)[O-])CCO1.CCOC(=O)c1c(I)c(I)c(I)c(I)c1C(=O)OCCS(=O)(=O)[O-].O=C(OCCS(=O)(=O)[O-])c1c(I)c(I)c(I)c(I)c1C(=O)OC1CCCC1.O=C(OCCS(=O)(=O)[O-])c1c(I)c(I)c(I)c(I)c1C(=O)OC1CCCCC1.O=C(OCCS(=O)(=O)[O-])c1c(I)c(I)c(I)c(I)c1C(=O)OCC1CO1. The highest BCUT2D eigenvalue weighted by Gasteiger charge is 2.40. The Morgan fingerprint density at radius 2 is 0.489 bits per heavy atom. The Bertz CT molecular complexity index is 5930. The lowest BCUT2D eigenvalue weighted by atomic mass is 9.97. The Labute approximate surface area is 1030 Å². The van der Waals surface area contributed by atoms with Crippen molar-refractivity contribution in [1.29, 1.82) is 0 Å². The third-order valence-electron chi connectivity index (χ3n) is 17.3. The van der Waals surface area contributed by atoms with Crippen LogP contribution in [0.3, 0.4) is 0 Å². The second-order valence-electron chi connectivity index (χ2n) is 26.9. The standard InChI is InChI=1S/C16H16I4O7S.C15H14I4O8S.C15H14I4O7S.C13H10I4O8S.C12H10I4O7S/c17-11-9(15(21)26-6-7-28(23,24)25)10(12(18)14(20)13(11)19)16(22)27-8-4-2-1-3-5-8;1-15(2-3-27-15)6-26-14(21)8-7(9(16)11(18)12(19)10(8)17)13(20)25-4-5-28(22,23)24;16-10-8(14(20)25-5-6-27(22,23)24)9(11(17)13(19)12(10)18)15(21)26-7-3-1-2-4-7;14-8-6(12(18)23-1-2-26(20,21)22)7(9(15)11(17)10(8)16)13(19)25-4-5-3-24-5;1-2-22-11(17)5-6(8(14)10(16)9(15)7(5)13)12(18)23-3-4-24(19,20)21/h8H,1-7H2,(H,23,24,25);2-6H2,1H3,(H,22,23,24);7H,1-6H2,(H,22,23,24);5H,1-4H2,(H,20,21,22);2-4H2,1H3,(H,19,20,21)/p-5. The molecule has 37 nitrogen and oxygen atoms in total. The number of carbonyl (C=O) groups excluding carboxylic acids is 10. The van der Waals surface area contributed by atoms with E-state index in [1.807, 2.05) is 301 Å². The second kappa shape index (κ2) is 59.0. The van der Waals surface area contributed by atoms with Crippen LogP contribution in [-0.4, -0.2) is 243 Å². The summed E-state index contributed by atoms with van der Waals surface area (Å²) < 4.78 is 235. The van der Waals surface area contributed by atoms with Crippen molar-refractivity contribution in [2.24, 2.45) is 0 Å². The Morgan fingerprint density at radius 3 is 0.677 bits per heavy atom. The summed E-state index contributed by atoms with van der Waals surface area (Å²) in [6, 6.07) is 0. The van der Waals surface area contributed by atoms with E-state index >= 15 is 0 Å². The van der Waals surface area contributed by atoms with Crippen molar-refractivity contribution in [3.05, 3.63) is 127 Å². The largest absolute Gasteiger partial charge is 0.748 e. The topological polar surface area (TPSA) is 571 Å². The number of epoxide rings is 1. The van der Waals surface area contributed by atoms with Gasteiger partial charge in [-0.05, 0) is 517 Å². The van der Waals surface area contributed by atoms with E-state index in [1.165, 1.54) is 0 Å². The van der Waals surface area contributed by atoms with Crippen LogP contribution in [-0.2, 0) is 107 Å². The van der Waals surface area contributed by atoms with Crippen LogP contribution < -0.4 is 0 Å². The molecule has 0 aromatic heterocycles. The predicted octanol–water partition coefficient (Wildman–Crippen LogP) is 16.7. The molecule has 2 unspecified atom stereocenters. The van der Waals surface area contributed by atoms with Gasteiger partial charge in [-0.15, -0.1) is 0 Å². The van der Waals surface area contributed by atoms with Gasteiger partial charge in [-0.1, -0.05) is 6.42 Å². The van der Waals surface area contributed by atoms with Crippen LogP contribution in [0.4, 0.5) is 0 Å². The molecule has 2 heterocycles. The molecule has 5 aromatic carbocycles. The summed E-state index contributed by atoms with van der Waals surface area (Å²) in [5, 5.41) is 0. The average molecular weight is 4200 g/mol. The summed E-state index contributed by atoms with van der Waals surface area (Å²) in [5.41, 5.74) is -0.0607. The van der Waals surface area contributed by atoms with Crippen molar-refractivity contribution < 1.29 is 170 Å². The van der Waals surface area contributed by atoms with Crippen LogP contribution in [0.1, 0.15) is 182 Å². The molecule has 4 fully saturated rings. The summed E-state index contributed by atoms with van der Waals surface area (Å²) in [4.78, 5) is 126. The van der Waals surface area contributed by atoms with Crippen molar-refractivity contribution in [2.45, 2.75) is 102 Å². The molecule has 0 bridgehead atoms. The number of ether oxygens (including phenoxy) is 12. The molecule has 133 heavy (non-hydrogen) atoms. The molecule has 0 radical (unpaired) electrons. The van der Waals surface area contributed by atoms with E-state index in [4.69, 9.17) is 56.8 Å². The highest BCUT2D eigenvalue weighted by Crippen LogP contribution is 2.41. The van der Waals surface area contributed by atoms with E-state index < -0.39 is 178 Å². The van der Waals surface area contributed by atoms with E-state index in [0.29, 0.717) is 48.9 Å². The molecule has 2 saturated carbocycles. The highest BCUT2D eigenvalue weighted by molar-refractivity contribution is 14.1. The molecule has 5 aromatic rings. The summed E-state index contributed by atoms with van der Waals surface area (Å²) in [6.45, 7) is 1.94. The molecule has 2 aliphatic carbocycles. The van der Waals surface area contributed by atoms with Crippen LogP contribution in [0.2, 0.25) is 0 Å². The molecule has 9 rings (SSSR count). The smallest absolute Gasteiger partial charge is 0.340 e. The molecule has 62 heteroatoms. The number of halogens is 20. The third kappa shape index (κ3) is 40.5. The maximum atomic E-state index is 12.9. The molecule has 0 N–H and O–H groups in total. The van der Waals surface area contributed by atoms with Gasteiger partial charge in [0.25, 0.3) is 0 Å². The van der Waals surface area contributed by atoms with Crippen LogP contribution in [0.15, 0.2) is 0 Å². The molecule has 2 saturated heterocycles. The predicted molar refractivity (Wildman–Crippen MR) is 636 cm³/mol. The van der Waals surface area contributed by atoms with Gasteiger partial charge < -0.3 is 79.6 Å². The summed E-state index contributed by atoms with van der Waals surface area (Å²) in [7, 11) is -22.5. The van der Waals surface area contributed by atoms with Crippen LogP contribution >= 0.6 is 452 Å². The molecule has 2 atom stereocenters. The Hall–Kier alpha value is 4.87. The van der Waals surface area contributed by atoms with Gasteiger partial charge in [0.15, 0.2) is 0 Å². The fourth-order valence-corrected chi connectivity index (χ4v) is 30.3. The molecular formula is C71H59I20O37S5-5. The zero-order valence-corrected chi connectivity index (χ0v) is 114. The van der Waals surface area contributed by atoms with Gasteiger partial charge in [0.2, 0.25) is 0 Å². The van der Waals surface area contributed by atoms with Crippen molar-refractivity contribution in [1.82, 2.24) is 0 Å². The average Bonchev–Trinajstić information content (AvgIpc) is 1.55. The van der Waals surface area contributed by atoms with Crippen molar-refractivity contribution in [3.8, 4) is 0 Å². The fraction of sp³-hybridized carbons (Fsp3) is 0.437. The molecule has 0 spiro atoms.